The van der Waals surface area contributed by atoms with Crippen molar-refractivity contribution in [1.82, 2.24) is 35.4 Å². The Morgan fingerprint density at radius 3 is 2.15 bits per heavy atom. The summed E-state index contributed by atoms with van der Waals surface area (Å²) in [4.78, 5) is 58.5. The number of likely N-dealkylation sites (tertiary alicyclic amines) is 1. The van der Waals surface area contributed by atoms with E-state index in [1.807, 2.05) is 72.7 Å². The van der Waals surface area contributed by atoms with Crippen molar-refractivity contribution >= 4 is 51.3 Å². The standard InChI is InChI=1S/C47H61ClN8O8S/c1-29-25-37(65(61,62)55-36-21-23-56(24-22-36)45(60)64-47(5,6)7)19-20-38(29)34-10-8-9-31(26-34)27-39(42(58)50-35-17-15-32(16-18-35)40-52-43(48)54-53-40)51-41(57)33-13-11-30(12-14-33)28-49-44(59)63-46(2,3)4/h8-10,15-20,25-26,30,33,36,39,55H,11-14,21-24,27-28H2,1-7H3,(H,49,59)(H,50,58)(H,51,57)(H,52,53,54)/t30?,33?,39-/m0/s1. The number of halogens is 1. The van der Waals surface area contributed by atoms with Gasteiger partial charge in [0.2, 0.25) is 27.1 Å². The summed E-state index contributed by atoms with van der Waals surface area (Å²) in [5.41, 5.74) is 3.14. The van der Waals surface area contributed by atoms with Crippen molar-refractivity contribution < 1.29 is 37.1 Å². The predicted octanol–water partition coefficient (Wildman–Crippen LogP) is 7.78. The van der Waals surface area contributed by atoms with Crippen molar-refractivity contribution in [2.45, 2.75) is 122 Å². The molecule has 18 heteroatoms. The second-order valence-electron chi connectivity index (χ2n) is 18.9. The van der Waals surface area contributed by atoms with Crippen LogP contribution in [0.15, 0.2) is 71.6 Å². The molecule has 4 aromatic rings. The van der Waals surface area contributed by atoms with E-state index in [-0.39, 0.29) is 40.4 Å². The first-order valence-corrected chi connectivity index (χ1v) is 23.9. The molecule has 1 saturated heterocycles. The topological polar surface area (TPSA) is 214 Å². The van der Waals surface area contributed by atoms with Gasteiger partial charge in [0, 0.05) is 49.3 Å². The van der Waals surface area contributed by atoms with Gasteiger partial charge in [0.15, 0.2) is 5.82 Å². The summed E-state index contributed by atoms with van der Waals surface area (Å²) in [6.07, 6.45) is 2.92. The minimum absolute atomic E-state index is 0.134. The van der Waals surface area contributed by atoms with Crippen LogP contribution in [-0.4, -0.2) is 95.4 Å². The maximum Gasteiger partial charge on any atom is 0.410 e. The molecule has 2 fully saturated rings. The average molecular weight is 934 g/mol. The minimum Gasteiger partial charge on any atom is -0.444 e. The fraction of sp³-hybridized carbons (Fsp3) is 0.489. The maximum atomic E-state index is 14.1. The molecule has 16 nitrogen and oxygen atoms in total. The normalized spacial score (nSPS) is 17.8. The number of anilines is 1. The average Bonchev–Trinajstić information content (AvgIpc) is 3.68. The number of sulfonamides is 1. The molecule has 3 aromatic carbocycles. The molecule has 0 spiro atoms. The van der Waals surface area contributed by atoms with Crippen LogP contribution in [0.25, 0.3) is 22.5 Å². The molecular formula is C47H61ClN8O8S. The molecule has 1 aromatic heterocycles. The van der Waals surface area contributed by atoms with Gasteiger partial charge in [0.25, 0.3) is 0 Å². The van der Waals surface area contributed by atoms with Crippen LogP contribution in [0.4, 0.5) is 15.3 Å². The molecule has 6 rings (SSSR count). The molecule has 0 unspecified atom stereocenters. The molecule has 350 valence electrons. The molecule has 5 N–H and O–H groups in total. The monoisotopic (exact) mass is 932 g/mol. The summed E-state index contributed by atoms with van der Waals surface area (Å²) < 4.78 is 40.8. The number of hydrogen-bond acceptors (Lipinski definition) is 10. The van der Waals surface area contributed by atoms with E-state index in [0.717, 1.165) is 35.1 Å². The van der Waals surface area contributed by atoms with E-state index < -0.39 is 45.4 Å². The Morgan fingerprint density at radius 1 is 0.862 bits per heavy atom. The Kier molecular flexibility index (Phi) is 15.6. The van der Waals surface area contributed by atoms with Crippen molar-refractivity contribution in [1.29, 1.82) is 0 Å². The molecule has 0 bridgehead atoms. The third-order valence-electron chi connectivity index (χ3n) is 11.3. The van der Waals surface area contributed by atoms with E-state index >= 15 is 0 Å². The Morgan fingerprint density at radius 2 is 1.54 bits per heavy atom. The number of H-pyrrole nitrogens is 1. The summed E-state index contributed by atoms with van der Waals surface area (Å²) in [6, 6.07) is 18.3. The Labute approximate surface area is 386 Å². The first-order chi connectivity index (χ1) is 30.6. The Hall–Kier alpha value is -5.52. The van der Waals surface area contributed by atoms with Crippen LogP contribution in [0.5, 0.6) is 0 Å². The summed E-state index contributed by atoms with van der Waals surface area (Å²) in [5, 5.41) is 15.7. The molecule has 1 atom stereocenters. The zero-order chi connectivity index (χ0) is 47.1. The van der Waals surface area contributed by atoms with E-state index in [1.165, 1.54) is 0 Å². The van der Waals surface area contributed by atoms with Crippen LogP contribution >= 0.6 is 11.6 Å². The van der Waals surface area contributed by atoms with E-state index in [1.54, 1.807) is 47.4 Å². The highest BCUT2D eigenvalue weighted by atomic mass is 35.5. The number of aryl methyl sites for hydroxylation is 1. The number of amides is 4. The second kappa shape index (κ2) is 20.8. The smallest absolute Gasteiger partial charge is 0.410 e. The lowest BCUT2D eigenvalue weighted by atomic mass is 9.81. The van der Waals surface area contributed by atoms with E-state index in [2.05, 4.69) is 35.9 Å². The summed E-state index contributed by atoms with van der Waals surface area (Å²) in [6.45, 7) is 13.9. The van der Waals surface area contributed by atoms with Gasteiger partial charge in [-0.3, -0.25) is 9.59 Å². The number of carbonyl (C=O) groups is 4. The number of piperidine rings is 1. The van der Waals surface area contributed by atoms with Gasteiger partial charge in [0.05, 0.1) is 4.90 Å². The van der Waals surface area contributed by atoms with Gasteiger partial charge in [-0.2, -0.15) is 10.1 Å². The quantitative estimate of drug-likeness (QED) is 0.0878. The van der Waals surface area contributed by atoms with Crippen LogP contribution < -0.4 is 20.7 Å². The number of ether oxygens (including phenoxy) is 2. The highest BCUT2D eigenvalue weighted by molar-refractivity contribution is 7.89. The van der Waals surface area contributed by atoms with Crippen molar-refractivity contribution in [2.75, 3.05) is 25.0 Å². The molecule has 1 saturated carbocycles. The first kappa shape index (κ1) is 48.9. The van der Waals surface area contributed by atoms with E-state index in [0.29, 0.717) is 62.4 Å². The molecule has 2 aliphatic rings. The fourth-order valence-electron chi connectivity index (χ4n) is 8.00. The number of carbonyl (C=O) groups excluding carboxylic acids is 4. The minimum atomic E-state index is -3.86. The lowest BCUT2D eigenvalue weighted by Crippen LogP contribution is -2.48. The summed E-state index contributed by atoms with van der Waals surface area (Å²) >= 11 is 5.91. The highest BCUT2D eigenvalue weighted by Gasteiger charge is 2.32. The second-order valence-corrected chi connectivity index (χ2v) is 21.0. The largest absolute Gasteiger partial charge is 0.444 e. The number of nitrogens with one attached hydrogen (secondary N) is 5. The van der Waals surface area contributed by atoms with Crippen molar-refractivity contribution in [3.05, 3.63) is 83.1 Å². The lowest BCUT2D eigenvalue weighted by Gasteiger charge is -2.33. The van der Waals surface area contributed by atoms with Crippen LogP contribution in [0.3, 0.4) is 0 Å². The number of aromatic amines is 1. The van der Waals surface area contributed by atoms with Crippen molar-refractivity contribution in [3.63, 3.8) is 0 Å². The Balaban J connectivity index is 1.12. The number of hydrogen-bond donors (Lipinski definition) is 5. The van der Waals surface area contributed by atoms with Crippen molar-refractivity contribution in [2.24, 2.45) is 11.8 Å². The highest BCUT2D eigenvalue weighted by Crippen LogP contribution is 2.31. The van der Waals surface area contributed by atoms with Gasteiger partial charge in [-0.1, -0.05) is 30.3 Å². The molecule has 1 aliphatic heterocycles. The summed E-state index contributed by atoms with van der Waals surface area (Å²) in [7, 11) is -3.86. The molecule has 1 aliphatic carbocycles. The number of rotatable bonds is 13. The Bertz CT molecular complexity index is 2430. The van der Waals surface area contributed by atoms with E-state index in [9.17, 15) is 27.6 Å². The van der Waals surface area contributed by atoms with Crippen molar-refractivity contribution in [3.8, 4) is 22.5 Å². The van der Waals surface area contributed by atoms with Gasteiger partial charge in [-0.15, -0.1) is 0 Å². The number of aromatic nitrogens is 3. The fourth-order valence-corrected chi connectivity index (χ4v) is 9.51. The van der Waals surface area contributed by atoms with Crippen LogP contribution in [-0.2, 0) is 35.5 Å². The van der Waals surface area contributed by atoms with Gasteiger partial charge in [-0.05, 0) is 163 Å². The number of benzene rings is 3. The molecular weight excluding hydrogens is 872 g/mol. The third kappa shape index (κ3) is 14.2. The van der Waals surface area contributed by atoms with Gasteiger partial charge >= 0.3 is 12.2 Å². The van der Waals surface area contributed by atoms with Crippen LogP contribution in [0.2, 0.25) is 5.28 Å². The molecule has 65 heavy (non-hydrogen) atoms. The van der Waals surface area contributed by atoms with E-state index in [4.69, 9.17) is 21.1 Å². The van der Waals surface area contributed by atoms with Gasteiger partial charge in [0.1, 0.15) is 17.2 Å². The van der Waals surface area contributed by atoms with Gasteiger partial charge in [-0.25, -0.2) is 27.8 Å². The SMILES string of the molecule is Cc1cc(S(=O)(=O)NC2CCN(C(=O)OC(C)(C)C)CC2)ccc1-c1cccc(C[C@H](NC(=O)C2CCC(CNC(=O)OC(C)(C)C)CC2)C(=O)Nc2ccc(-c3n[nH]c(Cl)n3)cc2)c1. The molecule has 4 amide bonds. The maximum absolute atomic E-state index is 14.1. The van der Waals surface area contributed by atoms with Crippen LogP contribution in [0.1, 0.15) is 91.2 Å². The summed E-state index contributed by atoms with van der Waals surface area (Å²) in [5.74, 6) is -0.314. The number of alkyl carbamates (subject to hydrolysis) is 1. The third-order valence-corrected chi connectivity index (χ3v) is 13.0. The zero-order valence-electron chi connectivity index (χ0n) is 38.1. The predicted molar refractivity (Wildman–Crippen MR) is 249 cm³/mol. The van der Waals surface area contributed by atoms with Gasteiger partial charge < -0.3 is 30.3 Å². The number of nitrogens with zero attached hydrogens (tertiary/aromatic N) is 3. The van der Waals surface area contributed by atoms with Crippen LogP contribution in [0, 0.1) is 18.8 Å². The molecule has 0 radical (unpaired) electrons. The molecule has 2 heterocycles. The lowest BCUT2D eigenvalue weighted by molar-refractivity contribution is -0.130. The first-order valence-electron chi connectivity index (χ1n) is 22.1. The zero-order valence-corrected chi connectivity index (χ0v) is 39.7.